The van der Waals surface area contributed by atoms with Crippen LogP contribution >= 0.6 is 0 Å². The van der Waals surface area contributed by atoms with Gasteiger partial charge in [-0.05, 0) is 27.2 Å². The summed E-state index contributed by atoms with van der Waals surface area (Å²) >= 11 is -1.07. The summed E-state index contributed by atoms with van der Waals surface area (Å²) in [6.45, 7) is 7.84. The molecule has 0 aliphatic carbocycles. The van der Waals surface area contributed by atoms with Crippen LogP contribution in [0.5, 0.6) is 0 Å². The molecule has 0 fully saturated rings. The van der Waals surface area contributed by atoms with E-state index in [4.69, 9.17) is 0 Å². The molecule has 0 aliphatic heterocycles. The van der Waals surface area contributed by atoms with Crippen LogP contribution in [-0.2, 0) is 11.4 Å². The third kappa shape index (κ3) is 5.27. The zero-order valence-corrected chi connectivity index (χ0v) is 8.57. The number of unbranched alkanes of at least 4 members (excludes halogenated alkanes) is 1. The minimum atomic E-state index is -1.07. The highest BCUT2D eigenvalue weighted by atomic mass is 32.2. The highest BCUT2D eigenvalue weighted by Gasteiger charge is 2.25. The van der Waals surface area contributed by atoms with E-state index in [9.17, 15) is 4.55 Å². The molecular formula is C8H17NOS. The van der Waals surface area contributed by atoms with Crippen LogP contribution in [-0.4, -0.2) is 15.5 Å². The first-order valence-electron chi connectivity index (χ1n) is 3.93. The van der Waals surface area contributed by atoms with Gasteiger partial charge in [-0.25, -0.2) is 0 Å². The molecule has 11 heavy (non-hydrogen) atoms. The summed E-state index contributed by atoms with van der Waals surface area (Å²) in [6, 6.07) is 0. The highest BCUT2D eigenvalue weighted by Crippen LogP contribution is 2.16. The van der Waals surface area contributed by atoms with Gasteiger partial charge in [0.05, 0.1) is 6.21 Å². The van der Waals surface area contributed by atoms with Gasteiger partial charge >= 0.3 is 0 Å². The first-order chi connectivity index (χ1) is 4.98. The summed E-state index contributed by atoms with van der Waals surface area (Å²) in [5.74, 6) is 0. The van der Waals surface area contributed by atoms with Crippen LogP contribution < -0.4 is 0 Å². The molecule has 0 N–H and O–H groups in total. The number of nitrogens with zero attached hydrogens (tertiary/aromatic N) is 1. The van der Waals surface area contributed by atoms with Gasteiger partial charge in [-0.15, -0.1) is 0 Å². The van der Waals surface area contributed by atoms with Gasteiger partial charge in [-0.1, -0.05) is 17.7 Å². The second-order valence-corrected chi connectivity index (χ2v) is 5.37. The summed E-state index contributed by atoms with van der Waals surface area (Å²) in [4.78, 5) is 0. The van der Waals surface area contributed by atoms with Gasteiger partial charge in [-0.2, -0.15) is 0 Å². The van der Waals surface area contributed by atoms with Crippen molar-refractivity contribution in [3.8, 4) is 0 Å². The first kappa shape index (κ1) is 11.0. The third-order valence-electron chi connectivity index (χ3n) is 1.11. The van der Waals surface area contributed by atoms with Crippen LogP contribution in [0.2, 0.25) is 0 Å². The van der Waals surface area contributed by atoms with Gasteiger partial charge in [0.1, 0.15) is 16.1 Å². The van der Waals surface area contributed by atoms with Gasteiger partial charge in [0.2, 0.25) is 0 Å². The van der Waals surface area contributed by atoms with E-state index < -0.39 is 11.4 Å². The minimum Gasteiger partial charge on any atom is -0.591 e. The summed E-state index contributed by atoms with van der Waals surface area (Å²) in [5, 5.41) is 0. The quantitative estimate of drug-likeness (QED) is 0.479. The van der Waals surface area contributed by atoms with Gasteiger partial charge < -0.3 is 4.55 Å². The Hall–Kier alpha value is -0.0200. The van der Waals surface area contributed by atoms with Crippen LogP contribution in [0, 0.1) is 0 Å². The number of hydrogen-bond donors (Lipinski definition) is 0. The fourth-order valence-corrected chi connectivity index (χ4v) is 0.965. The highest BCUT2D eigenvalue weighted by molar-refractivity contribution is 7.91. The lowest BCUT2D eigenvalue weighted by Crippen LogP contribution is -2.25. The normalized spacial score (nSPS) is 15.7. The van der Waals surface area contributed by atoms with Crippen molar-refractivity contribution >= 4 is 17.6 Å². The molecule has 0 rings (SSSR count). The predicted octanol–water partition coefficient (Wildman–Crippen LogP) is 2.32. The summed E-state index contributed by atoms with van der Waals surface area (Å²) in [7, 11) is 0. The Labute approximate surface area is 72.4 Å². The van der Waals surface area contributed by atoms with E-state index in [0.29, 0.717) is 0 Å². The van der Waals surface area contributed by atoms with Gasteiger partial charge in [0.15, 0.2) is 0 Å². The van der Waals surface area contributed by atoms with E-state index in [1.54, 1.807) is 6.21 Å². The van der Waals surface area contributed by atoms with Crippen LogP contribution in [0.4, 0.5) is 0 Å². The molecule has 0 saturated heterocycles. The van der Waals surface area contributed by atoms with E-state index in [1.165, 1.54) is 0 Å². The Morgan fingerprint density at radius 1 is 1.45 bits per heavy atom. The molecule has 1 unspecified atom stereocenters. The van der Waals surface area contributed by atoms with Crippen molar-refractivity contribution in [3.63, 3.8) is 0 Å². The minimum absolute atomic E-state index is 0.218. The van der Waals surface area contributed by atoms with E-state index >= 15 is 0 Å². The molecule has 0 radical (unpaired) electrons. The van der Waals surface area contributed by atoms with E-state index in [-0.39, 0.29) is 4.75 Å². The Morgan fingerprint density at radius 2 is 2.00 bits per heavy atom. The number of rotatable bonds is 3. The van der Waals surface area contributed by atoms with Crippen molar-refractivity contribution in [2.75, 3.05) is 0 Å². The maximum Gasteiger partial charge on any atom is 0.144 e. The third-order valence-corrected chi connectivity index (χ3v) is 2.50. The average Bonchev–Trinajstić information content (AvgIpc) is 1.86. The number of hydrogen-bond acceptors (Lipinski definition) is 2. The molecule has 66 valence electrons. The second-order valence-electron chi connectivity index (χ2n) is 3.44. The molecule has 3 heteroatoms. The van der Waals surface area contributed by atoms with Crippen molar-refractivity contribution in [1.82, 2.24) is 0 Å². The Bertz CT molecular complexity index is 129. The fraction of sp³-hybridized carbons (Fsp3) is 0.875. The van der Waals surface area contributed by atoms with E-state index in [2.05, 4.69) is 11.3 Å². The summed E-state index contributed by atoms with van der Waals surface area (Å²) in [6.07, 6.45) is 3.73. The standard InChI is InChI=1S/C8H17NOS/c1-5-6-7-9-11(10)8(2,3)4/h7H,5-6H2,1-4H3. The topological polar surface area (TPSA) is 35.4 Å². The molecule has 0 amide bonds. The van der Waals surface area contributed by atoms with Crippen LogP contribution in [0.1, 0.15) is 40.5 Å². The van der Waals surface area contributed by atoms with Crippen LogP contribution in [0.15, 0.2) is 4.40 Å². The van der Waals surface area contributed by atoms with Crippen molar-refractivity contribution in [1.29, 1.82) is 0 Å². The summed E-state index contributed by atoms with van der Waals surface area (Å²) < 4.78 is 15.0. The Morgan fingerprint density at radius 3 is 2.36 bits per heavy atom. The molecule has 0 aromatic carbocycles. The molecule has 2 nitrogen and oxygen atoms in total. The molecule has 0 bridgehead atoms. The van der Waals surface area contributed by atoms with Crippen molar-refractivity contribution < 1.29 is 4.55 Å². The Kier molecular flexibility index (Phi) is 4.77. The zero-order chi connectivity index (χ0) is 8.91. The predicted molar refractivity (Wildman–Crippen MR) is 51.3 cm³/mol. The van der Waals surface area contributed by atoms with Gasteiger partial charge in [-0.3, -0.25) is 0 Å². The molecule has 0 aromatic heterocycles. The largest absolute Gasteiger partial charge is 0.591 e. The zero-order valence-electron chi connectivity index (χ0n) is 7.76. The van der Waals surface area contributed by atoms with Gasteiger partial charge in [0.25, 0.3) is 0 Å². The SMILES string of the molecule is CCCC=N[S+]([O-])C(C)(C)C. The average molecular weight is 175 g/mol. The van der Waals surface area contributed by atoms with E-state index in [1.807, 2.05) is 20.8 Å². The Balaban J connectivity index is 3.77. The molecule has 0 aromatic rings. The van der Waals surface area contributed by atoms with Gasteiger partial charge in [0, 0.05) is 0 Å². The molecule has 0 spiro atoms. The second kappa shape index (κ2) is 4.78. The van der Waals surface area contributed by atoms with Crippen molar-refractivity contribution in [3.05, 3.63) is 0 Å². The van der Waals surface area contributed by atoms with Crippen molar-refractivity contribution in [2.45, 2.75) is 45.3 Å². The fourth-order valence-electron chi connectivity index (χ4n) is 0.408. The maximum absolute atomic E-state index is 11.3. The van der Waals surface area contributed by atoms with E-state index in [0.717, 1.165) is 12.8 Å². The smallest absolute Gasteiger partial charge is 0.144 e. The monoisotopic (exact) mass is 175 g/mol. The molecular weight excluding hydrogens is 158 g/mol. The van der Waals surface area contributed by atoms with Crippen LogP contribution in [0.25, 0.3) is 0 Å². The lowest BCUT2D eigenvalue weighted by atomic mass is 10.3. The molecule has 0 heterocycles. The molecule has 0 saturated carbocycles. The summed E-state index contributed by atoms with van der Waals surface area (Å²) in [5.41, 5.74) is 0. The maximum atomic E-state index is 11.3. The van der Waals surface area contributed by atoms with Crippen molar-refractivity contribution in [2.24, 2.45) is 4.40 Å². The molecule has 0 aliphatic rings. The first-order valence-corrected chi connectivity index (χ1v) is 5.03. The molecule has 1 atom stereocenters. The lowest BCUT2D eigenvalue weighted by molar-refractivity contribution is 0.561. The lowest BCUT2D eigenvalue weighted by Gasteiger charge is -2.17. The van der Waals surface area contributed by atoms with Crippen LogP contribution in [0.3, 0.4) is 0 Å².